The van der Waals surface area contributed by atoms with Gasteiger partial charge in [0.1, 0.15) is 12.2 Å². The summed E-state index contributed by atoms with van der Waals surface area (Å²) in [6, 6.07) is 0. The van der Waals surface area contributed by atoms with Crippen LogP contribution in [0.25, 0.3) is 0 Å². The second-order valence-corrected chi connectivity index (χ2v) is 12.1. The van der Waals surface area contributed by atoms with Crippen LogP contribution < -0.4 is 11.1 Å². The summed E-state index contributed by atoms with van der Waals surface area (Å²) >= 11 is 0. The molecule has 1 aliphatic heterocycles. The number of ether oxygens (including phenoxy) is 2. The zero-order chi connectivity index (χ0) is 31.5. The number of primary amides is 1. The van der Waals surface area contributed by atoms with Gasteiger partial charge in [0.25, 0.3) is 0 Å². The van der Waals surface area contributed by atoms with Crippen molar-refractivity contribution in [1.29, 1.82) is 0 Å². The molecule has 0 radical (unpaired) electrons. The van der Waals surface area contributed by atoms with Crippen molar-refractivity contribution in [3.8, 4) is 0 Å². The lowest BCUT2D eigenvalue weighted by molar-refractivity contribution is -0.150. The minimum absolute atomic E-state index is 0.00742. The molecule has 0 saturated heterocycles. The molecule has 2 amide bonds. The number of hydrogen-bond acceptors (Lipinski definition) is 7. The van der Waals surface area contributed by atoms with Crippen LogP contribution in [0.2, 0.25) is 0 Å². The third kappa shape index (κ3) is 18.0. The van der Waals surface area contributed by atoms with Crippen LogP contribution in [-0.4, -0.2) is 59.1 Å². The second-order valence-electron chi connectivity index (χ2n) is 12.1. The van der Waals surface area contributed by atoms with E-state index in [0.29, 0.717) is 57.9 Å². The minimum atomic E-state index is -0.905. The molecule has 0 fully saturated rings. The number of hydrogen-bond donors (Lipinski definition) is 4. The highest BCUT2D eigenvalue weighted by Gasteiger charge is 2.24. The Morgan fingerprint density at radius 3 is 2.50 bits per heavy atom. The van der Waals surface area contributed by atoms with Gasteiger partial charge in [-0.25, -0.2) is 4.79 Å². The summed E-state index contributed by atoms with van der Waals surface area (Å²) in [7, 11) is 0. The molecule has 1 aliphatic rings. The number of allylic oxidation sites excluding steroid dienone is 2. The Bertz CT molecular complexity index is 923. The molecule has 0 aliphatic carbocycles. The summed E-state index contributed by atoms with van der Waals surface area (Å²) in [5.74, 6) is -0.313. The number of nitrogens with two attached hydrogens (primary N) is 1. The maximum Gasteiger partial charge on any atom is 0.404 e. The molecule has 42 heavy (non-hydrogen) atoms. The average molecular weight is 593 g/mol. The molecule has 0 aromatic carbocycles. The molecule has 0 unspecified atom stereocenters. The van der Waals surface area contributed by atoms with E-state index in [1.165, 1.54) is 0 Å². The fraction of sp³-hybridized carbons (Fsp3) is 0.727. The predicted molar refractivity (Wildman–Crippen MR) is 165 cm³/mol. The third-order valence-corrected chi connectivity index (χ3v) is 7.52. The number of esters is 1. The van der Waals surface area contributed by atoms with Crippen molar-refractivity contribution < 1.29 is 34.1 Å². The van der Waals surface area contributed by atoms with Crippen LogP contribution in [0.1, 0.15) is 118 Å². The fourth-order valence-electron chi connectivity index (χ4n) is 5.14. The molecule has 5 atom stereocenters. The van der Waals surface area contributed by atoms with Crippen LogP contribution in [0, 0.1) is 5.92 Å². The molecular weight excluding hydrogens is 536 g/mol. The van der Waals surface area contributed by atoms with E-state index in [0.717, 1.165) is 48.8 Å². The van der Waals surface area contributed by atoms with Crippen molar-refractivity contribution in [2.75, 3.05) is 6.54 Å². The first-order chi connectivity index (χ1) is 19.9. The number of carbonyl (C=O) groups excluding carboxylic acids is 3. The quantitative estimate of drug-likeness (QED) is 0.166. The highest BCUT2D eigenvalue weighted by molar-refractivity contribution is 5.87. The summed E-state index contributed by atoms with van der Waals surface area (Å²) in [6.45, 7) is 10.4. The topological polar surface area (TPSA) is 148 Å². The standard InChI is InChI=1S/C33H56N2O7/c1-23(2)20-31(38)35-19-18-25(4)21-26(5)30-22-24(3)12-8-6-10-14-29(42-33(34)40)28(37)17-16-27(36)13-9-7-11-15-32(39)41-30/h12,20-21,26-30,36-37H,6-11,13-19,22H2,1-5H3,(H2,34,40)(H,35,38)/b24-12+,25-21+/t26-,27+,28+,29+,30+/m0/s1. The van der Waals surface area contributed by atoms with Crippen molar-refractivity contribution in [2.24, 2.45) is 11.7 Å². The maximum atomic E-state index is 12.8. The van der Waals surface area contributed by atoms with Gasteiger partial charge in [0, 0.05) is 31.4 Å². The van der Waals surface area contributed by atoms with Gasteiger partial charge in [-0.3, -0.25) is 9.59 Å². The van der Waals surface area contributed by atoms with E-state index in [1.807, 2.05) is 27.7 Å². The van der Waals surface area contributed by atoms with E-state index in [1.54, 1.807) is 6.08 Å². The smallest absolute Gasteiger partial charge is 0.404 e. The van der Waals surface area contributed by atoms with Crippen LogP contribution in [0.4, 0.5) is 4.79 Å². The Morgan fingerprint density at radius 1 is 1.10 bits per heavy atom. The predicted octanol–water partition coefficient (Wildman–Crippen LogP) is 5.78. The van der Waals surface area contributed by atoms with Gasteiger partial charge in [0.15, 0.2) is 0 Å². The van der Waals surface area contributed by atoms with E-state index in [-0.39, 0.29) is 23.9 Å². The molecule has 0 spiro atoms. The highest BCUT2D eigenvalue weighted by Crippen LogP contribution is 2.23. The highest BCUT2D eigenvalue weighted by atomic mass is 16.6. The lowest BCUT2D eigenvalue weighted by Gasteiger charge is -2.24. The first-order valence-electron chi connectivity index (χ1n) is 15.6. The molecule has 9 heteroatoms. The fourth-order valence-corrected chi connectivity index (χ4v) is 5.14. The molecule has 1 heterocycles. The van der Waals surface area contributed by atoms with Crippen LogP contribution in [0.15, 0.2) is 34.9 Å². The van der Waals surface area contributed by atoms with Gasteiger partial charge in [-0.05, 0) is 85.5 Å². The molecule has 0 saturated carbocycles. The molecule has 0 aromatic heterocycles. The number of rotatable bonds is 7. The Balaban J connectivity index is 2.90. The van der Waals surface area contributed by atoms with Gasteiger partial charge in [0.05, 0.1) is 12.2 Å². The maximum absolute atomic E-state index is 12.8. The van der Waals surface area contributed by atoms with E-state index < -0.39 is 24.4 Å². The van der Waals surface area contributed by atoms with Crippen LogP contribution in [-0.2, 0) is 19.1 Å². The van der Waals surface area contributed by atoms with Crippen molar-refractivity contribution >= 4 is 18.0 Å². The summed E-state index contributed by atoms with van der Waals surface area (Å²) < 4.78 is 11.2. The van der Waals surface area contributed by atoms with Gasteiger partial charge in [0.2, 0.25) is 5.91 Å². The van der Waals surface area contributed by atoms with Gasteiger partial charge < -0.3 is 30.7 Å². The number of amides is 2. The van der Waals surface area contributed by atoms with Crippen LogP contribution in [0.5, 0.6) is 0 Å². The summed E-state index contributed by atoms with van der Waals surface area (Å²) in [5, 5.41) is 23.8. The molecule has 5 N–H and O–H groups in total. The molecule has 0 bridgehead atoms. The van der Waals surface area contributed by atoms with E-state index in [2.05, 4.69) is 24.4 Å². The van der Waals surface area contributed by atoms with Crippen molar-refractivity contribution in [3.63, 3.8) is 0 Å². The normalized spacial score (nSPS) is 26.5. The van der Waals surface area contributed by atoms with Crippen molar-refractivity contribution in [3.05, 3.63) is 34.9 Å². The monoisotopic (exact) mass is 592 g/mol. The molecule has 9 nitrogen and oxygen atoms in total. The Labute approximate surface area is 253 Å². The lowest BCUT2D eigenvalue weighted by Crippen LogP contribution is -2.34. The largest absolute Gasteiger partial charge is 0.461 e. The number of nitrogens with one attached hydrogen (secondary N) is 1. The van der Waals surface area contributed by atoms with Crippen LogP contribution >= 0.6 is 0 Å². The first-order valence-corrected chi connectivity index (χ1v) is 15.6. The molecular formula is C33H56N2O7. The number of carbonyl (C=O) groups is 3. The summed E-state index contributed by atoms with van der Waals surface area (Å²) in [6.07, 6.45) is 10.6. The Hall–Kier alpha value is -2.65. The molecule has 1 rings (SSSR count). The zero-order valence-corrected chi connectivity index (χ0v) is 26.5. The summed E-state index contributed by atoms with van der Waals surface area (Å²) in [5.41, 5.74) is 8.44. The first kappa shape index (κ1) is 37.4. The average Bonchev–Trinajstić information content (AvgIpc) is 2.89. The van der Waals surface area contributed by atoms with Gasteiger partial charge in [-0.1, -0.05) is 48.6 Å². The molecule has 240 valence electrons. The van der Waals surface area contributed by atoms with Crippen LogP contribution in [0.3, 0.4) is 0 Å². The van der Waals surface area contributed by atoms with Crippen molar-refractivity contribution in [1.82, 2.24) is 5.32 Å². The SMILES string of the molecule is CC(C)=CC(=O)NCC/C(C)=C/[C@H](C)[C@H]1C/C(C)=C/CCCC[C@@H](OC(N)=O)[C@H](O)CC[C@H](O)CCCCCC(=O)O1. The number of cyclic esters (lactones) is 1. The third-order valence-electron chi connectivity index (χ3n) is 7.52. The second kappa shape index (κ2) is 21.1. The van der Waals surface area contributed by atoms with E-state index >= 15 is 0 Å². The van der Waals surface area contributed by atoms with Gasteiger partial charge in [-0.2, -0.15) is 0 Å². The van der Waals surface area contributed by atoms with E-state index in [4.69, 9.17) is 15.2 Å². The summed E-state index contributed by atoms with van der Waals surface area (Å²) in [4.78, 5) is 36.0. The van der Waals surface area contributed by atoms with E-state index in [9.17, 15) is 24.6 Å². The minimum Gasteiger partial charge on any atom is -0.461 e. The van der Waals surface area contributed by atoms with Gasteiger partial charge >= 0.3 is 12.1 Å². The lowest BCUT2D eigenvalue weighted by atomic mass is 9.94. The zero-order valence-electron chi connectivity index (χ0n) is 26.5. The Kier molecular flexibility index (Phi) is 18.8. The number of aliphatic hydroxyl groups excluding tert-OH is 2. The molecule has 0 aromatic rings. The Morgan fingerprint density at radius 2 is 1.81 bits per heavy atom. The van der Waals surface area contributed by atoms with Gasteiger partial charge in [-0.15, -0.1) is 0 Å². The van der Waals surface area contributed by atoms with Crippen molar-refractivity contribution in [2.45, 2.75) is 143 Å². The number of aliphatic hydroxyl groups is 2.